The van der Waals surface area contributed by atoms with Crippen LogP contribution in [0.5, 0.6) is 0 Å². The fourth-order valence-electron chi connectivity index (χ4n) is 1.72. The van der Waals surface area contributed by atoms with Crippen molar-refractivity contribution in [2.45, 2.75) is 32.6 Å². The molecule has 0 N–H and O–H groups in total. The Bertz CT molecular complexity index is 147. The molecule has 0 aromatic heterocycles. The molecule has 0 aromatic carbocycles. The van der Waals surface area contributed by atoms with Crippen molar-refractivity contribution in [1.29, 1.82) is 0 Å². The first kappa shape index (κ1) is 9.90. The number of rotatable bonds is 2. The quantitative estimate of drug-likeness (QED) is 0.631. The Labute approximate surface area is 72.1 Å². The van der Waals surface area contributed by atoms with E-state index in [1.165, 1.54) is 0 Å². The maximum atomic E-state index is 13.2. The highest BCUT2D eigenvalue weighted by Gasteiger charge is 2.44. The number of hydrogen-bond donors (Lipinski definition) is 0. The van der Waals surface area contributed by atoms with Gasteiger partial charge in [-0.25, -0.2) is 8.78 Å². The molecule has 0 saturated carbocycles. The van der Waals surface area contributed by atoms with Crippen molar-refractivity contribution < 1.29 is 13.5 Å². The molecule has 72 valence electrons. The highest BCUT2D eigenvalue weighted by atomic mass is 19.3. The first-order valence-corrected chi connectivity index (χ1v) is 4.53. The normalized spacial score (nSPS) is 31.5. The Hall–Kier alpha value is -0.180. The summed E-state index contributed by atoms with van der Waals surface area (Å²) in [6.45, 7) is 3.95. The zero-order chi connectivity index (χ0) is 9.19. The molecule has 1 rings (SSSR count). The first-order chi connectivity index (χ1) is 5.58. The van der Waals surface area contributed by atoms with Crippen molar-refractivity contribution >= 4 is 0 Å². The van der Waals surface area contributed by atoms with Crippen molar-refractivity contribution in [3.63, 3.8) is 0 Å². The molecule has 0 bridgehead atoms. The molecule has 12 heavy (non-hydrogen) atoms. The van der Waals surface area contributed by atoms with E-state index in [1.54, 1.807) is 0 Å². The summed E-state index contributed by atoms with van der Waals surface area (Å²) in [6, 6.07) is 0. The van der Waals surface area contributed by atoms with Gasteiger partial charge < -0.3 is 4.74 Å². The molecule has 1 aliphatic heterocycles. The Balaban J connectivity index is 2.59. The average molecular weight is 178 g/mol. The van der Waals surface area contributed by atoms with Gasteiger partial charge in [0.1, 0.15) is 6.61 Å². The van der Waals surface area contributed by atoms with E-state index < -0.39 is 11.8 Å². The average Bonchev–Trinajstić information content (AvgIpc) is 2.02. The van der Waals surface area contributed by atoms with Gasteiger partial charge >= 0.3 is 0 Å². The predicted molar refractivity (Wildman–Crippen MR) is 43.3 cm³/mol. The van der Waals surface area contributed by atoms with Crippen LogP contribution in [0.15, 0.2) is 0 Å². The molecule has 3 heteroatoms. The summed E-state index contributed by atoms with van der Waals surface area (Å²) in [5.74, 6) is -2.98. The molecule has 2 atom stereocenters. The third kappa shape index (κ3) is 1.94. The Kier molecular flexibility index (Phi) is 3.04. The second-order valence-electron chi connectivity index (χ2n) is 3.59. The van der Waals surface area contributed by atoms with Gasteiger partial charge in [-0.15, -0.1) is 0 Å². The molecule has 0 amide bonds. The lowest BCUT2D eigenvalue weighted by atomic mass is 9.83. The molecule has 1 saturated heterocycles. The standard InChI is InChI=1S/C9H16F2O/c1-3-7(2)8-4-5-12-6-9(8,10)11/h7-8H,3-6H2,1-2H3. The summed E-state index contributed by atoms with van der Waals surface area (Å²) < 4.78 is 31.1. The minimum atomic E-state index is -2.60. The summed E-state index contributed by atoms with van der Waals surface area (Å²) in [5, 5.41) is 0. The SMILES string of the molecule is CCC(C)C1CCOCC1(F)F. The van der Waals surface area contributed by atoms with Crippen LogP contribution in [0.2, 0.25) is 0 Å². The second-order valence-corrected chi connectivity index (χ2v) is 3.59. The van der Waals surface area contributed by atoms with Crippen molar-refractivity contribution in [3.05, 3.63) is 0 Å². The van der Waals surface area contributed by atoms with E-state index in [0.29, 0.717) is 13.0 Å². The third-order valence-corrected chi connectivity index (χ3v) is 2.74. The first-order valence-electron chi connectivity index (χ1n) is 4.53. The maximum Gasteiger partial charge on any atom is 0.274 e. The zero-order valence-electron chi connectivity index (χ0n) is 7.65. The third-order valence-electron chi connectivity index (χ3n) is 2.74. The van der Waals surface area contributed by atoms with E-state index >= 15 is 0 Å². The van der Waals surface area contributed by atoms with Gasteiger partial charge in [-0.1, -0.05) is 20.3 Å². The van der Waals surface area contributed by atoms with Crippen LogP contribution in [-0.2, 0) is 4.74 Å². The van der Waals surface area contributed by atoms with Crippen LogP contribution in [-0.4, -0.2) is 19.1 Å². The second kappa shape index (κ2) is 3.69. The number of ether oxygens (including phenoxy) is 1. The molecule has 0 spiro atoms. The summed E-state index contributed by atoms with van der Waals surface area (Å²) in [5.41, 5.74) is 0. The van der Waals surface area contributed by atoms with E-state index in [4.69, 9.17) is 4.74 Å². The van der Waals surface area contributed by atoms with Gasteiger partial charge in [0.05, 0.1) is 0 Å². The lowest BCUT2D eigenvalue weighted by molar-refractivity contribution is -0.167. The van der Waals surface area contributed by atoms with Crippen LogP contribution >= 0.6 is 0 Å². The maximum absolute atomic E-state index is 13.2. The smallest absolute Gasteiger partial charge is 0.274 e. The zero-order valence-corrected chi connectivity index (χ0v) is 7.65. The molecule has 0 aromatic rings. The van der Waals surface area contributed by atoms with Gasteiger partial charge in [0.2, 0.25) is 0 Å². The summed E-state index contributed by atoms with van der Waals surface area (Å²) >= 11 is 0. The summed E-state index contributed by atoms with van der Waals surface area (Å²) in [6.07, 6.45) is 1.32. The van der Waals surface area contributed by atoms with Gasteiger partial charge in [-0.2, -0.15) is 0 Å². The molecule has 1 nitrogen and oxygen atoms in total. The predicted octanol–water partition coefficient (Wildman–Crippen LogP) is 2.70. The topological polar surface area (TPSA) is 9.23 Å². The highest BCUT2D eigenvalue weighted by Crippen LogP contribution is 2.37. The highest BCUT2D eigenvalue weighted by molar-refractivity contribution is 4.83. The Morgan fingerprint density at radius 3 is 2.75 bits per heavy atom. The monoisotopic (exact) mass is 178 g/mol. The van der Waals surface area contributed by atoms with Crippen LogP contribution in [0.25, 0.3) is 0 Å². The molecule has 1 heterocycles. The van der Waals surface area contributed by atoms with E-state index in [-0.39, 0.29) is 12.5 Å². The van der Waals surface area contributed by atoms with Gasteiger partial charge in [-0.3, -0.25) is 0 Å². The van der Waals surface area contributed by atoms with Crippen molar-refractivity contribution in [1.82, 2.24) is 0 Å². The summed E-state index contributed by atoms with van der Waals surface area (Å²) in [4.78, 5) is 0. The Morgan fingerprint density at radius 1 is 1.58 bits per heavy atom. The molecule has 0 aliphatic carbocycles. The molecular weight excluding hydrogens is 162 g/mol. The van der Waals surface area contributed by atoms with Crippen LogP contribution in [0.1, 0.15) is 26.7 Å². The van der Waals surface area contributed by atoms with E-state index in [1.807, 2.05) is 13.8 Å². The van der Waals surface area contributed by atoms with Crippen LogP contribution in [0.3, 0.4) is 0 Å². The minimum absolute atomic E-state index is 0.101. The largest absolute Gasteiger partial charge is 0.375 e. The number of halogens is 2. The van der Waals surface area contributed by atoms with E-state index in [2.05, 4.69) is 0 Å². The molecular formula is C9H16F2O. The van der Waals surface area contributed by atoms with Gasteiger partial charge in [-0.05, 0) is 12.3 Å². The Morgan fingerprint density at radius 2 is 2.25 bits per heavy atom. The lowest BCUT2D eigenvalue weighted by Crippen LogP contribution is -2.42. The molecule has 0 radical (unpaired) electrons. The number of alkyl halides is 2. The van der Waals surface area contributed by atoms with E-state index in [0.717, 1.165) is 6.42 Å². The molecule has 2 unspecified atom stereocenters. The molecule has 1 fully saturated rings. The lowest BCUT2D eigenvalue weighted by Gasteiger charge is -2.34. The van der Waals surface area contributed by atoms with Crippen molar-refractivity contribution in [2.75, 3.05) is 13.2 Å². The van der Waals surface area contributed by atoms with Crippen molar-refractivity contribution in [2.24, 2.45) is 11.8 Å². The van der Waals surface area contributed by atoms with Crippen LogP contribution in [0.4, 0.5) is 8.78 Å². The van der Waals surface area contributed by atoms with Gasteiger partial charge in [0.15, 0.2) is 0 Å². The summed E-state index contributed by atoms with van der Waals surface area (Å²) in [7, 11) is 0. The minimum Gasteiger partial charge on any atom is -0.375 e. The van der Waals surface area contributed by atoms with E-state index in [9.17, 15) is 8.78 Å². The fourth-order valence-corrected chi connectivity index (χ4v) is 1.72. The molecule has 1 aliphatic rings. The van der Waals surface area contributed by atoms with Gasteiger partial charge in [0.25, 0.3) is 5.92 Å². The van der Waals surface area contributed by atoms with Crippen LogP contribution < -0.4 is 0 Å². The fraction of sp³-hybridized carbons (Fsp3) is 1.00. The van der Waals surface area contributed by atoms with Gasteiger partial charge in [0, 0.05) is 12.5 Å². The van der Waals surface area contributed by atoms with Crippen LogP contribution in [0, 0.1) is 11.8 Å². The number of hydrogen-bond acceptors (Lipinski definition) is 1. The van der Waals surface area contributed by atoms with Crippen molar-refractivity contribution in [3.8, 4) is 0 Å².